The molecule has 0 heterocycles. The molecule has 1 atom stereocenters. The van der Waals surface area contributed by atoms with Gasteiger partial charge < -0.3 is 0 Å². The van der Waals surface area contributed by atoms with Crippen LogP contribution in [0.5, 0.6) is 0 Å². The zero-order chi connectivity index (χ0) is 14.5. The van der Waals surface area contributed by atoms with Gasteiger partial charge in [0.2, 0.25) is 0 Å². The van der Waals surface area contributed by atoms with Crippen LogP contribution in [0.2, 0.25) is 5.02 Å². The van der Waals surface area contributed by atoms with Crippen LogP contribution < -0.4 is 11.3 Å². The smallest absolute Gasteiger partial charge is 0.127 e. The van der Waals surface area contributed by atoms with Gasteiger partial charge in [0, 0.05) is 11.1 Å². The summed E-state index contributed by atoms with van der Waals surface area (Å²) < 4.78 is 26.9. The topological polar surface area (TPSA) is 38.0 Å². The molecule has 0 aliphatic heterocycles. The largest absolute Gasteiger partial charge is 0.271 e. The van der Waals surface area contributed by atoms with Gasteiger partial charge in [0.15, 0.2) is 0 Å². The third-order valence-electron chi connectivity index (χ3n) is 3.09. The molecule has 0 fully saturated rings. The van der Waals surface area contributed by atoms with Crippen LogP contribution in [-0.2, 0) is 12.8 Å². The van der Waals surface area contributed by atoms with Crippen molar-refractivity contribution in [2.45, 2.75) is 18.9 Å². The van der Waals surface area contributed by atoms with E-state index in [1.165, 1.54) is 18.2 Å². The Balaban J connectivity index is 2.09. The molecule has 2 rings (SSSR count). The number of rotatable bonds is 5. The highest BCUT2D eigenvalue weighted by molar-refractivity contribution is 6.30. The van der Waals surface area contributed by atoms with E-state index in [-0.39, 0.29) is 17.7 Å². The van der Waals surface area contributed by atoms with Crippen molar-refractivity contribution >= 4 is 11.6 Å². The Morgan fingerprint density at radius 1 is 1.10 bits per heavy atom. The normalized spacial score (nSPS) is 12.4. The lowest BCUT2D eigenvalue weighted by atomic mass is 9.99. The van der Waals surface area contributed by atoms with Crippen molar-refractivity contribution < 1.29 is 8.78 Å². The molecular weight excluding hydrogens is 282 g/mol. The number of nitrogens with one attached hydrogen (secondary N) is 1. The summed E-state index contributed by atoms with van der Waals surface area (Å²) in [6.07, 6.45) is 0.909. The highest BCUT2D eigenvalue weighted by Crippen LogP contribution is 2.17. The molecule has 20 heavy (non-hydrogen) atoms. The second-order valence-electron chi connectivity index (χ2n) is 4.64. The molecule has 0 aliphatic rings. The van der Waals surface area contributed by atoms with E-state index >= 15 is 0 Å². The van der Waals surface area contributed by atoms with Crippen LogP contribution in [0.1, 0.15) is 11.1 Å². The fraction of sp³-hybridized carbons (Fsp3) is 0.200. The van der Waals surface area contributed by atoms with Gasteiger partial charge >= 0.3 is 0 Å². The number of hydrogen-bond donors (Lipinski definition) is 2. The lowest BCUT2D eigenvalue weighted by Crippen LogP contribution is -2.38. The Morgan fingerprint density at radius 3 is 2.55 bits per heavy atom. The maximum absolute atomic E-state index is 13.7. The molecule has 2 aromatic rings. The molecule has 0 bridgehead atoms. The van der Waals surface area contributed by atoms with Crippen molar-refractivity contribution in [2.75, 3.05) is 0 Å². The van der Waals surface area contributed by atoms with Crippen molar-refractivity contribution in [3.63, 3.8) is 0 Å². The number of nitrogens with two attached hydrogens (primary N) is 1. The van der Waals surface area contributed by atoms with Gasteiger partial charge in [-0.05, 0) is 48.2 Å². The Bertz CT molecular complexity index is 590. The van der Waals surface area contributed by atoms with E-state index in [0.29, 0.717) is 23.4 Å². The predicted molar refractivity (Wildman–Crippen MR) is 76.3 cm³/mol. The van der Waals surface area contributed by atoms with Gasteiger partial charge in [0.25, 0.3) is 0 Å². The van der Waals surface area contributed by atoms with Crippen LogP contribution in [0.25, 0.3) is 0 Å². The van der Waals surface area contributed by atoms with Gasteiger partial charge in [0.05, 0.1) is 0 Å². The molecule has 0 radical (unpaired) electrons. The molecule has 5 heteroatoms. The lowest BCUT2D eigenvalue weighted by molar-refractivity contribution is 0.505. The Morgan fingerprint density at radius 2 is 1.90 bits per heavy atom. The van der Waals surface area contributed by atoms with Crippen LogP contribution in [0.15, 0.2) is 42.5 Å². The number of benzene rings is 2. The SMILES string of the molecule is NNC(Cc1cccc(F)c1)Cc1ccc(Cl)cc1F. The molecule has 0 saturated heterocycles. The van der Waals surface area contributed by atoms with Crippen LogP contribution >= 0.6 is 11.6 Å². The van der Waals surface area contributed by atoms with E-state index in [1.807, 2.05) is 6.07 Å². The van der Waals surface area contributed by atoms with E-state index in [9.17, 15) is 8.78 Å². The lowest BCUT2D eigenvalue weighted by Gasteiger charge is -2.16. The van der Waals surface area contributed by atoms with E-state index in [2.05, 4.69) is 5.43 Å². The van der Waals surface area contributed by atoms with E-state index in [1.54, 1.807) is 18.2 Å². The van der Waals surface area contributed by atoms with Crippen molar-refractivity contribution in [1.29, 1.82) is 0 Å². The first kappa shape index (κ1) is 14.9. The van der Waals surface area contributed by atoms with Crippen LogP contribution in [0.3, 0.4) is 0 Å². The first-order valence-electron chi connectivity index (χ1n) is 6.23. The monoisotopic (exact) mass is 296 g/mol. The maximum Gasteiger partial charge on any atom is 0.127 e. The van der Waals surface area contributed by atoms with Gasteiger partial charge in [-0.2, -0.15) is 0 Å². The first-order chi connectivity index (χ1) is 9.58. The summed E-state index contributed by atoms with van der Waals surface area (Å²) in [5, 5.41) is 0.355. The van der Waals surface area contributed by atoms with Gasteiger partial charge in [0.1, 0.15) is 11.6 Å². The third kappa shape index (κ3) is 4.00. The number of hydrazine groups is 1. The Kier molecular flexibility index (Phi) is 5.06. The summed E-state index contributed by atoms with van der Waals surface area (Å²) in [5.74, 6) is 4.83. The summed E-state index contributed by atoms with van der Waals surface area (Å²) in [7, 11) is 0. The standard InChI is InChI=1S/C15H15ClF2N2/c16-12-5-4-11(15(18)9-12)8-14(20-19)7-10-2-1-3-13(17)6-10/h1-6,9,14,20H,7-8,19H2. The molecule has 0 aliphatic carbocycles. The summed E-state index contributed by atoms with van der Waals surface area (Å²) in [5.41, 5.74) is 3.97. The highest BCUT2D eigenvalue weighted by Gasteiger charge is 2.12. The zero-order valence-corrected chi connectivity index (χ0v) is 11.5. The molecule has 3 N–H and O–H groups in total. The molecule has 0 saturated carbocycles. The quantitative estimate of drug-likeness (QED) is 0.657. The summed E-state index contributed by atoms with van der Waals surface area (Å²) in [6, 6.07) is 10.6. The fourth-order valence-electron chi connectivity index (χ4n) is 2.09. The summed E-state index contributed by atoms with van der Waals surface area (Å²) in [6.45, 7) is 0. The van der Waals surface area contributed by atoms with Gasteiger partial charge in [-0.3, -0.25) is 11.3 Å². The minimum atomic E-state index is -0.364. The molecule has 0 aromatic heterocycles. The zero-order valence-electron chi connectivity index (χ0n) is 10.7. The average molecular weight is 297 g/mol. The van der Waals surface area contributed by atoms with E-state index in [0.717, 1.165) is 5.56 Å². The molecule has 106 valence electrons. The number of hydrogen-bond acceptors (Lipinski definition) is 2. The van der Waals surface area contributed by atoms with Crippen molar-refractivity contribution in [1.82, 2.24) is 5.43 Å². The minimum Gasteiger partial charge on any atom is -0.271 e. The second-order valence-corrected chi connectivity index (χ2v) is 5.07. The fourth-order valence-corrected chi connectivity index (χ4v) is 2.25. The summed E-state index contributed by atoms with van der Waals surface area (Å²) >= 11 is 5.71. The molecular formula is C15H15ClF2N2. The van der Waals surface area contributed by atoms with Gasteiger partial charge in [-0.1, -0.05) is 29.8 Å². The first-order valence-corrected chi connectivity index (χ1v) is 6.61. The highest BCUT2D eigenvalue weighted by atomic mass is 35.5. The van der Waals surface area contributed by atoms with E-state index < -0.39 is 0 Å². The van der Waals surface area contributed by atoms with E-state index in [4.69, 9.17) is 17.4 Å². The van der Waals surface area contributed by atoms with Crippen LogP contribution in [0, 0.1) is 11.6 Å². The number of halogens is 3. The molecule has 1 unspecified atom stereocenters. The van der Waals surface area contributed by atoms with Gasteiger partial charge in [-0.15, -0.1) is 0 Å². The van der Waals surface area contributed by atoms with Crippen LogP contribution in [0.4, 0.5) is 8.78 Å². The second kappa shape index (κ2) is 6.79. The minimum absolute atomic E-state index is 0.188. The maximum atomic E-state index is 13.7. The molecule has 0 spiro atoms. The molecule has 2 nitrogen and oxygen atoms in total. The average Bonchev–Trinajstić information content (AvgIpc) is 2.41. The molecule has 0 amide bonds. The van der Waals surface area contributed by atoms with Crippen molar-refractivity contribution in [2.24, 2.45) is 5.84 Å². The Hall–Kier alpha value is -1.49. The predicted octanol–water partition coefficient (Wildman–Crippen LogP) is 3.24. The Labute approximate surface area is 121 Å². The van der Waals surface area contributed by atoms with Gasteiger partial charge in [-0.25, -0.2) is 8.78 Å². The van der Waals surface area contributed by atoms with Crippen molar-refractivity contribution in [3.8, 4) is 0 Å². The third-order valence-corrected chi connectivity index (χ3v) is 3.32. The van der Waals surface area contributed by atoms with Crippen LogP contribution in [-0.4, -0.2) is 6.04 Å². The van der Waals surface area contributed by atoms with Crippen molar-refractivity contribution in [3.05, 3.63) is 70.2 Å². The molecule has 2 aromatic carbocycles. The summed E-state index contributed by atoms with van der Waals surface area (Å²) in [4.78, 5) is 0.